The molecule has 4 aromatic rings. The molecule has 2 fully saturated rings. The zero-order valence-electron chi connectivity index (χ0n) is 28.9. The van der Waals surface area contributed by atoms with E-state index in [1.165, 1.54) is 6.07 Å². The first-order chi connectivity index (χ1) is 25.6. The van der Waals surface area contributed by atoms with E-state index >= 15 is 0 Å². The highest BCUT2D eigenvalue weighted by Gasteiger charge is 2.24. The minimum absolute atomic E-state index is 0.153. The number of nitrogens with one attached hydrogen (secondary N) is 4. The van der Waals surface area contributed by atoms with E-state index < -0.39 is 20.0 Å². The Morgan fingerprint density at radius 3 is 1.44 bits per heavy atom. The van der Waals surface area contributed by atoms with Gasteiger partial charge in [-0.25, -0.2) is 16.8 Å². The van der Waals surface area contributed by atoms with Gasteiger partial charge in [0.05, 0.1) is 60.7 Å². The van der Waals surface area contributed by atoms with Crippen LogP contribution in [0.3, 0.4) is 0 Å². The van der Waals surface area contributed by atoms with Crippen molar-refractivity contribution in [3.8, 4) is 11.5 Å². The second-order valence-corrected chi connectivity index (χ2v) is 19.9. The molecular weight excluding hydrogens is 1090 g/mol. The fraction of sp³-hybridized carbons (Fsp3) is 0.294. The summed E-state index contributed by atoms with van der Waals surface area (Å²) >= 11 is 23.0. The Morgan fingerprint density at radius 2 is 1.02 bits per heavy atom. The smallest absolute Gasteiger partial charge is 0.262 e. The van der Waals surface area contributed by atoms with Crippen LogP contribution in [-0.2, 0) is 20.0 Å². The SMILES string of the molecule is COc1ccc(S(=O)(=O)Nc2cc(Br)cc(Br)c2Br)cc1N1CCNCC1.COc1ccc(S(=O)(=O)Nc2cc(Br)cc(Cl)c2Br)cc1N1CCNCC1. The average molecular weight is 1120 g/mol. The highest BCUT2D eigenvalue weighted by Crippen LogP contribution is 2.38. The van der Waals surface area contributed by atoms with E-state index in [0.717, 1.165) is 72.7 Å². The topological polar surface area (TPSA) is 141 Å². The number of methoxy groups -OCH3 is 2. The van der Waals surface area contributed by atoms with Gasteiger partial charge in [-0.05, 0) is 108 Å². The summed E-state index contributed by atoms with van der Waals surface area (Å²) in [5, 5.41) is 6.97. The quantitative estimate of drug-likeness (QED) is 0.115. The van der Waals surface area contributed by atoms with Crippen LogP contribution in [0.4, 0.5) is 22.7 Å². The third-order valence-corrected chi connectivity index (χ3v) is 15.3. The molecule has 0 bridgehead atoms. The number of hydrogen-bond acceptors (Lipinski definition) is 10. The normalized spacial score (nSPS) is 14.9. The lowest BCUT2D eigenvalue weighted by Gasteiger charge is -2.30. The Bertz CT molecular complexity index is 2050. The van der Waals surface area contributed by atoms with Gasteiger partial charge in [-0.1, -0.05) is 43.5 Å². The molecule has 0 atom stereocenters. The van der Waals surface area contributed by atoms with E-state index in [1.807, 2.05) is 6.07 Å². The predicted octanol–water partition coefficient (Wildman–Crippen LogP) is 8.28. The molecule has 54 heavy (non-hydrogen) atoms. The summed E-state index contributed by atoms with van der Waals surface area (Å²) in [4.78, 5) is 4.57. The molecule has 0 spiro atoms. The van der Waals surface area contributed by atoms with Gasteiger partial charge in [0.25, 0.3) is 20.0 Å². The molecule has 292 valence electrons. The molecule has 0 radical (unpaired) electrons. The zero-order chi connectivity index (χ0) is 39.2. The Morgan fingerprint density at radius 1 is 0.611 bits per heavy atom. The van der Waals surface area contributed by atoms with Crippen molar-refractivity contribution in [2.75, 3.05) is 85.8 Å². The summed E-state index contributed by atoms with van der Waals surface area (Å²) in [5.74, 6) is 1.30. The van der Waals surface area contributed by atoms with Gasteiger partial charge in [-0.2, -0.15) is 0 Å². The van der Waals surface area contributed by atoms with Gasteiger partial charge < -0.3 is 29.9 Å². The van der Waals surface area contributed by atoms with Crippen molar-refractivity contribution in [2.24, 2.45) is 0 Å². The number of nitrogens with zero attached hydrogens (tertiary/aromatic N) is 2. The molecule has 2 aliphatic rings. The van der Waals surface area contributed by atoms with Crippen LogP contribution in [0, 0.1) is 0 Å². The lowest BCUT2D eigenvalue weighted by atomic mass is 10.2. The standard InChI is InChI=1S/C17H18Br3N3O3S.C17H18Br2ClN3O3S/c1-26-16-3-2-12(10-15(16)23-6-4-21-5-7-23)27(24,25)22-14-9-11(18)8-13(19)17(14)20;1-26-16-3-2-12(10-15(16)23-6-4-21-5-7-23)27(24,25)22-14-9-11(18)8-13(20)17(14)19/h2*2-3,8-10,21-22H,4-7H2,1H3. The minimum Gasteiger partial charge on any atom is -0.495 e. The van der Waals surface area contributed by atoms with Crippen molar-refractivity contribution in [3.63, 3.8) is 0 Å². The zero-order valence-corrected chi connectivity index (χ0v) is 39.2. The number of rotatable bonds is 10. The van der Waals surface area contributed by atoms with E-state index in [2.05, 4.69) is 110 Å². The monoisotopic (exact) mass is 1120 g/mol. The molecule has 2 saturated heterocycles. The molecule has 4 N–H and O–H groups in total. The third-order valence-electron chi connectivity index (χ3n) is 8.31. The molecule has 0 saturated carbocycles. The number of halogens is 6. The van der Waals surface area contributed by atoms with Crippen molar-refractivity contribution < 1.29 is 26.3 Å². The Hall–Kier alpha value is -1.81. The van der Waals surface area contributed by atoms with E-state index in [4.69, 9.17) is 21.1 Å². The fourth-order valence-corrected chi connectivity index (χ4v) is 10.8. The Balaban J connectivity index is 0.000000208. The Labute approximate surface area is 362 Å². The first-order valence-electron chi connectivity index (χ1n) is 16.3. The number of piperazine rings is 2. The number of benzene rings is 4. The van der Waals surface area contributed by atoms with Gasteiger partial charge >= 0.3 is 0 Å². The molecule has 4 aromatic carbocycles. The van der Waals surface area contributed by atoms with Crippen LogP contribution in [0.15, 0.2) is 92.8 Å². The van der Waals surface area contributed by atoms with Crippen LogP contribution >= 0.6 is 91.3 Å². The molecule has 0 aliphatic carbocycles. The average Bonchev–Trinajstić information content (AvgIpc) is 3.15. The lowest BCUT2D eigenvalue weighted by Crippen LogP contribution is -2.43. The molecule has 0 amide bonds. The van der Waals surface area contributed by atoms with Crippen molar-refractivity contribution in [1.82, 2.24) is 10.6 Å². The van der Waals surface area contributed by atoms with Crippen molar-refractivity contribution in [1.29, 1.82) is 0 Å². The lowest BCUT2D eigenvalue weighted by molar-refractivity contribution is 0.412. The number of ether oxygens (including phenoxy) is 2. The van der Waals surface area contributed by atoms with Gasteiger partial charge in [0, 0.05) is 65.8 Å². The van der Waals surface area contributed by atoms with Gasteiger partial charge in [0.2, 0.25) is 0 Å². The maximum absolute atomic E-state index is 13.0. The molecule has 6 rings (SSSR count). The Kier molecular flexibility index (Phi) is 15.3. The van der Waals surface area contributed by atoms with Crippen LogP contribution in [0.2, 0.25) is 5.02 Å². The van der Waals surface area contributed by atoms with Crippen molar-refractivity contribution >= 4 is 134 Å². The van der Waals surface area contributed by atoms with Crippen LogP contribution in [0.1, 0.15) is 0 Å². The first kappa shape index (κ1) is 43.3. The number of hydrogen-bond donors (Lipinski definition) is 4. The molecule has 2 aliphatic heterocycles. The summed E-state index contributed by atoms with van der Waals surface area (Å²) in [6.07, 6.45) is 0. The predicted molar refractivity (Wildman–Crippen MR) is 234 cm³/mol. The van der Waals surface area contributed by atoms with Crippen LogP contribution in [0.5, 0.6) is 11.5 Å². The van der Waals surface area contributed by atoms with E-state index in [-0.39, 0.29) is 9.79 Å². The third kappa shape index (κ3) is 10.8. The summed E-state index contributed by atoms with van der Waals surface area (Å²) in [6.45, 7) is 6.49. The van der Waals surface area contributed by atoms with Crippen LogP contribution < -0.4 is 39.4 Å². The maximum Gasteiger partial charge on any atom is 0.262 e. The van der Waals surface area contributed by atoms with E-state index in [1.54, 1.807) is 62.8 Å². The van der Waals surface area contributed by atoms with Gasteiger partial charge in [-0.15, -0.1) is 0 Å². The van der Waals surface area contributed by atoms with Crippen LogP contribution in [0.25, 0.3) is 0 Å². The largest absolute Gasteiger partial charge is 0.495 e. The summed E-state index contributed by atoms with van der Waals surface area (Å²) in [6, 6.07) is 16.6. The van der Waals surface area contributed by atoms with Gasteiger partial charge in [0.15, 0.2) is 0 Å². The number of sulfonamides is 2. The molecular formula is C34H36Br5ClN6O6S2. The second kappa shape index (κ2) is 19.1. The summed E-state index contributed by atoms with van der Waals surface area (Å²) < 4.78 is 71.2. The first-order valence-corrected chi connectivity index (χ1v) is 23.6. The van der Waals surface area contributed by atoms with Crippen LogP contribution in [-0.4, -0.2) is 83.4 Å². The minimum atomic E-state index is -3.81. The van der Waals surface area contributed by atoms with Gasteiger partial charge in [0.1, 0.15) is 11.5 Å². The molecule has 2 heterocycles. The number of anilines is 4. The van der Waals surface area contributed by atoms with Crippen molar-refractivity contribution in [3.05, 3.63) is 88.0 Å². The van der Waals surface area contributed by atoms with E-state index in [0.29, 0.717) is 41.3 Å². The fourth-order valence-electron chi connectivity index (χ4n) is 5.65. The second-order valence-electron chi connectivity index (χ2n) is 11.9. The molecule has 20 heteroatoms. The van der Waals surface area contributed by atoms with E-state index in [9.17, 15) is 16.8 Å². The van der Waals surface area contributed by atoms with Gasteiger partial charge in [-0.3, -0.25) is 9.44 Å². The maximum atomic E-state index is 13.0. The highest BCUT2D eigenvalue weighted by atomic mass is 79.9. The molecule has 0 aromatic heterocycles. The molecule has 0 unspecified atom stereocenters. The molecule has 12 nitrogen and oxygen atoms in total. The summed E-state index contributed by atoms with van der Waals surface area (Å²) in [5.41, 5.74) is 2.33. The highest BCUT2D eigenvalue weighted by molar-refractivity contribution is 9.13. The van der Waals surface area contributed by atoms with Crippen molar-refractivity contribution in [2.45, 2.75) is 9.79 Å². The summed E-state index contributed by atoms with van der Waals surface area (Å²) in [7, 11) is -4.42.